The molecule has 3 nitrogen and oxygen atoms in total. The van der Waals surface area contributed by atoms with Crippen LogP contribution in [0.15, 0.2) is 28.7 Å². The first kappa shape index (κ1) is 11.5. The minimum atomic E-state index is 0.195. The van der Waals surface area contributed by atoms with Crippen molar-refractivity contribution in [3.63, 3.8) is 0 Å². The van der Waals surface area contributed by atoms with Gasteiger partial charge in [0.05, 0.1) is 6.54 Å². The highest BCUT2D eigenvalue weighted by Gasteiger charge is 2.18. The first-order valence-electron chi connectivity index (χ1n) is 5.41. The highest BCUT2D eigenvalue weighted by Crippen LogP contribution is 2.19. The molecule has 1 aromatic carbocycles. The molecule has 16 heavy (non-hydrogen) atoms. The second-order valence-electron chi connectivity index (χ2n) is 4.07. The Morgan fingerprint density at radius 2 is 1.88 bits per heavy atom. The van der Waals surface area contributed by atoms with Crippen LogP contribution in [0, 0.1) is 0 Å². The lowest BCUT2D eigenvalue weighted by Gasteiger charge is -2.21. The molecule has 4 heteroatoms. The van der Waals surface area contributed by atoms with Crippen LogP contribution in [0.25, 0.3) is 0 Å². The number of benzene rings is 1. The Hall–Kier alpha value is -1.03. The van der Waals surface area contributed by atoms with Crippen molar-refractivity contribution < 1.29 is 4.79 Å². The van der Waals surface area contributed by atoms with Gasteiger partial charge < -0.3 is 9.80 Å². The van der Waals surface area contributed by atoms with E-state index >= 15 is 0 Å². The Labute approximate surface area is 104 Å². The number of rotatable bonds is 1. The smallest absolute Gasteiger partial charge is 0.241 e. The molecule has 0 aliphatic carbocycles. The van der Waals surface area contributed by atoms with Crippen molar-refractivity contribution in [3.8, 4) is 0 Å². The van der Waals surface area contributed by atoms with E-state index in [2.05, 4.69) is 20.8 Å². The molecular weight excluding hydrogens is 268 g/mol. The molecule has 2 rings (SSSR count). The van der Waals surface area contributed by atoms with E-state index in [0.717, 1.165) is 29.7 Å². The summed E-state index contributed by atoms with van der Waals surface area (Å²) in [6.07, 6.45) is 1.03. The number of amides is 1. The van der Waals surface area contributed by atoms with E-state index in [1.165, 1.54) is 0 Å². The zero-order chi connectivity index (χ0) is 11.5. The summed E-state index contributed by atoms with van der Waals surface area (Å²) >= 11 is 3.41. The standard InChI is InChI=1S/C12H15BrN2O/c1-14-7-2-8-15(9-12(14)16)11-5-3-10(13)4-6-11/h3-6H,2,7-9H2,1H3. The van der Waals surface area contributed by atoms with Gasteiger partial charge in [0.1, 0.15) is 0 Å². The molecule has 1 aliphatic rings. The molecule has 0 radical (unpaired) electrons. The van der Waals surface area contributed by atoms with Gasteiger partial charge in [0.15, 0.2) is 0 Å². The number of halogens is 1. The Balaban J connectivity index is 2.14. The van der Waals surface area contributed by atoms with Gasteiger partial charge in [-0.25, -0.2) is 0 Å². The van der Waals surface area contributed by atoms with Gasteiger partial charge in [-0.1, -0.05) is 15.9 Å². The first-order chi connectivity index (χ1) is 7.66. The molecule has 0 aromatic heterocycles. The van der Waals surface area contributed by atoms with Crippen LogP contribution in [-0.4, -0.2) is 37.5 Å². The van der Waals surface area contributed by atoms with Crippen LogP contribution in [-0.2, 0) is 4.79 Å². The average Bonchev–Trinajstić information content (AvgIpc) is 2.43. The molecule has 1 aromatic rings. The number of anilines is 1. The molecule has 86 valence electrons. The number of hydrogen-bond donors (Lipinski definition) is 0. The maximum Gasteiger partial charge on any atom is 0.241 e. The van der Waals surface area contributed by atoms with E-state index in [4.69, 9.17) is 0 Å². The first-order valence-corrected chi connectivity index (χ1v) is 6.20. The molecule has 0 spiro atoms. The van der Waals surface area contributed by atoms with E-state index in [-0.39, 0.29) is 5.91 Å². The second-order valence-corrected chi connectivity index (χ2v) is 4.98. The minimum Gasteiger partial charge on any atom is -0.362 e. The van der Waals surface area contributed by atoms with Gasteiger partial charge in [-0.2, -0.15) is 0 Å². The van der Waals surface area contributed by atoms with Crippen LogP contribution in [0.1, 0.15) is 6.42 Å². The van der Waals surface area contributed by atoms with Gasteiger partial charge in [-0.15, -0.1) is 0 Å². The number of likely N-dealkylation sites (N-methyl/N-ethyl adjacent to an activating group) is 1. The SMILES string of the molecule is CN1CCCN(c2ccc(Br)cc2)CC1=O. The minimum absolute atomic E-state index is 0.195. The second kappa shape index (κ2) is 4.87. The van der Waals surface area contributed by atoms with E-state index < -0.39 is 0 Å². The average molecular weight is 283 g/mol. The Kier molecular flexibility index (Phi) is 3.49. The fourth-order valence-electron chi connectivity index (χ4n) is 1.86. The van der Waals surface area contributed by atoms with E-state index in [0.29, 0.717) is 6.54 Å². The fraction of sp³-hybridized carbons (Fsp3) is 0.417. The quantitative estimate of drug-likeness (QED) is 0.788. The van der Waals surface area contributed by atoms with Crippen molar-refractivity contribution in [1.29, 1.82) is 0 Å². The summed E-state index contributed by atoms with van der Waals surface area (Å²) in [5.74, 6) is 0.195. The molecule has 1 amide bonds. The number of carbonyl (C=O) groups excluding carboxylic acids is 1. The van der Waals surface area contributed by atoms with E-state index in [1.807, 2.05) is 31.3 Å². The van der Waals surface area contributed by atoms with Crippen molar-refractivity contribution in [3.05, 3.63) is 28.7 Å². The highest BCUT2D eigenvalue weighted by atomic mass is 79.9. The molecule has 0 saturated carbocycles. The number of nitrogens with zero attached hydrogens (tertiary/aromatic N) is 2. The molecule has 0 bridgehead atoms. The summed E-state index contributed by atoms with van der Waals surface area (Å²) in [5.41, 5.74) is 1.12. The zero-order valence-corrected chi connectivity index (χ0v) is 10.9. The predicted molar refractivity (Wildman–Crippen MR) is 68.6 cm³/mol. The van der Waals surface area contributed by atoms with E-state index in [9.17, 15) is 4.79 Å². The van der Waals surface area contributed by atoms with Crippen LogP contribution < -0.4 is 4.90 Å². The largest absolute Gasteiger partial charge is 0.362 e. The lowest BCUT2D eigenvalue weighted by Crippen LogP contribution is -2.34. The van der Waals surface area contributed by atoms with Gasteiger partial charge in [0.25, 0.3) is 0 Å². The van der Waals surface area contributed by atoms with Crippen LogP contribution in [0.2, 0.25) is 0 Å². The Morgan fingerprint density at radius 3 is 2.56 bits per heavy atom. The lowest BCUT2D eigenvalue weighted by molar-refractivity contribution is -0.127. The molecular formula is C12H15BrN2O. The van der Waals surface area contributed by atoms with Crippen molar-refractivity contribution in [2.75, 3.05) is 31.6 Å². The zero-order valence-electron chi connectivity index (χ0n) is 9.32. The normalized spacial score (nSPS) is 17.5. The maximum absolute atomic E-state index is 11.7. The van der Waals surface area contributed by atoms with Crippen LogP contribution >= 0.6 is 15.9 Å². The molecule has 0 N–H and O–H groups in total. The van der Waals surface area contributed by atoms with Gasteiger partial charge >= 0.3 is 0 Å². The van der Waals surface area contributed by atoms with Crippen molar-refractivity contribution in [2.45, 2.75) is 6.42 Å². The van der Waals surface area contributed by atoms with Crippen LogP contribution in [0.4, 0.5) is 5.69 Å². The third kappa shape index (κ3) is 2.55. The molecule has 0 atom stereocenters. The van der Waals surface area contributed by atoms with Gasteiger partial charge in [-0.05, 0) is 30.7 Å². The summed E-state index contributed by atoms with van der Waals surface area (Å²) < 4.78 is 1.06. The summed E-state index contributed by atoms with van der Waals surface area (Å²) in [4.78, 5) is 15.7. The molecule has 1 fully saturated rings. The third-order valence-corrected chi connectivity index (χ3v) is 3.39. The van der Waals surface area contributed by atoms with Crippen LogP contribution in [0.3, 0.4) is 0 Å². The Bertz CT molecular complexity index is 377. The summed E-state index contributed by atoms with van der Waals surface area (Å²) in [6.45, 7) is 2.28. The van der Waals surface area contributed by atoms with E-state index in [1.54, 1.807) is 4.90 Å². The molecule has 0 unspecified atom stereocenters. The summed E-state index contributed by atoms with van der Waals surface area (Å²) in [5, 5.41) is 0. The third-order valence-electron chi connectivity index (χ3n) is 2.87. The number of hydrogen-bond acceptors (Lipinski definition) is 2. The van der Waals surface area contributed by atoms with Gasteiger partial charge in [0, 0.05) is 30.3 Å². The summed E-state index contributed by atoms with van der Waals surface area (Å²) in [7, 11) is 1.87. The van der Waals surface area contributed by atoms with Gasteiger partial charge in [-0.3, -0.25) is 4.79 Å². The molecule has 1 saturated heterocycles. The topological polar surface area (TPSA) is 23.6 Å². The fourth-order valence-corrected chi connectivity index (χ4v) is 2.12. The number of carbonyl (C=O) groups is 1. The summed E-state index contributed by atoms with van der Waals surface area (Å²) in [6, 6.07) is 8.11. The van der Waals surface area contributed by atoms with Crippen LogP contribution in [0.5, 0.6) is 0 Å². The Morgan fingerprint density at radius 1 is 1.19 bits per heavy atom. The lowest BCUT2D eigenvalue weighted by atomic mass is 10.2. The van der Waals surface area contributed by atoms with Crippen molar-refractivity contribution in [2.24, 2.45) is 0 Å². The monoisotopic (exact) mass is 282 g/mol. The molecule has 1 heterocycles. The van der Waals surface area contributed by atoms with Crippen molar-refractivity contribution in [1.82, 2.24) is 4.90 Å². The van der Waals surface area contributed by atoms with Crippen molar-refractivity contribution >= 4 is 27.5 Å². The predicted octanol–water partition coefficient (Wildman–Crippen LogP) is 2.12. The van der Waals surface area contributed by atoms with Gasteiger partial charge in [0.2, 0.25) is 5.91 Å². The highest BCUT2D eigenvalue weighted by molar-refractivity contribution is 9.10. The molecule has 1 aliphatic heterocycles. The maximum atomic E-state index is 11.7.